The predicted molar refractivity (Wildman–Crippen MR) is 110 cm³/mol. The van der Waals surface area contributed by atoms with Gasteiger partial charge in [-0.1, -0.05) is 11.6 Å². The van der Waals surface area contributed by atoms with Crippen LogP contribution in [0, 0.1) is 0 Å². The van der Waals surface area contributed by atoms with E-state index in [0.29, 0.717) is 21.1 Å². The van der Waals surface area contributed by atoms with Crippen molar-refractivity contribution >= 4 is 62.2 Å². The molecule has 2 heterocycles. The quantitative estimate of drug-likeness (QED) is 0.465. The van der Waals surface area contributed by atoms with E-state index < -0.39 is 11.5 Å². The highest BCUT2D eigenvalue weighted by Crippen LogP contribution is 2.30. The van der Waals surface area contributed by atoms with Crippen molar-refractivity contribution in [2.24, 2.45) is 0 Å². The number of thiophene rings is 1. The fourth-order valence-electron chi connectivity index (χ4n) is 2.52. The Morgan fingerprint density at radius 1 is 1.29 bits per heavy atom. The van der Waals surface area contributed by atoms with Gasteiger partial charge >= 0.3 is 5.97 Å². The van der Waals surface area contributed by atoms with E-state index in [0.717, 1.165) is 16.0 Å². The molecule has 0 saturated carbocycles. The molecule has 0 aliphatic heterocycles. The van der Waals surface area contributed by atoms with E-state index in [-0.39, 0.29) is 35.9 Å². The van der Waals surface area contributed by atoms with Gasteiger partial charge in [0.1, 0.15) is 5.00 Å². The lowest BCUT2D eigenvalue weighted by Gasteiger charge is -2.10. The lowest BCUT2D eigenvalue weighted by molar-refractivity contribution is -0.115. The number of benzene rings is 1. The highest BCUT2D eigenvalue weighted by molar-refractivity contribution is 7.16. The largest absolute Gasteiger partial charge is 0.461 e. The summed E-state index contributed by atoms with van der Waals surface area (Å²) in [5, 5.41) is 9.80. The zero-order valence-electron chi connectivity index (χ0n) is 14.7. The number of amides is 1. The molecule has 1 amide bonds. The molecule has 0 spiro atoms. The van der Waals surface area contributed by atoms with Gasteiger partial charge in [0.15, 0.2) is 5.69 Å². The Morgan fingerprint density at radius 3 is 2.64 bits per heavy atom. The number of nitrogens with zero attached hydrogens (tertiary/aromatic N) is 2. The first-order valence-corrected chi connectivity index (χ1v) is 10.1. The average Bonchev–Trinajstić information content (AvgIpc) is 3.07. The minimum atomic E-state index is -0.661. The van der Waals surface area contributed by atoms with Crippen LogP contribution in [0.4, 0.5) is 5.00 Å². The first-order chi connectivity index (χ1) is 13.5. The summed E-state index contributed by atoms with van der Waals surface area (Å²) in [5.74, 6) is -0.836. The molecular formula is C18H15Cl2N3O4S. The first kappa shape index (κ1) is 20.3. The van der Waals surface area contributed by atoms with Crippen molar-refractivity contribution in [1.82, 2.24) is 9.78 Å². The summed E-state index contributed by atoms with van der Waals surface area (Å²) in [7, 11) is 0. The maximum atomic E-state index is 13.1. The number of hydrogen-bond donors (Lipinski definition) is 1. The van der Waals surface area contributed by atoms with Crippen LogP contribution in [-0.4, -0.2) is 34.1 Å². The van der Waals surface area contributed by atoms with Crippen LogP contribution in [0.15, 0.2) is 34.4 Å². The number of carbonyl (C=O) groups is 2. The number of rotatable bonds is 6. The van der Waals surface area contributed by atoms with Crippen molar-refractivity contribution in [3.8, 4) is 5.69 Å². The zero-order chi connectivity index (χ0) is 20.3. The molecule has 1 N–H and O–H groups in total. The van der Waals surface area contributed by atoms with Crippen molar-refractivity contribution in [3.05, 3.63) is 50.7 Å². The molecule has 10 heteroatoms. The number of nitrogens with one attached hydrogen (secondary N) is 1. The number of hydrogen-bond acceptors (Lipinski definition) is 6. The number of anilines is 1. The topological polar surface area (TPSA) is 90.3 Å². The van der Waals surface area contributed by atoms with E-state index in [2.05, 4.69) is 10.4 Å². The molecule has 2 aromatic heterocycles. The third kappa shape index (κ3) is 4.04. The molecule has 146 valence electrons. The van der Waals surface area contributed by atoms with Crippen LogP contribution in [0.1, 0.15) is 23.8 Å². The van der Waals surface area contributed by atoms with Gasteiger partial charge in [0.05, 0.1) is 17.7 Å². The van der Waals surface area contributed by atoms with Gasteiger partial charge in [-0.25, -0.2) is 4.79 Å². The summed E-state index contributed by atoms with van der Waals surface area (Å²) in [5.41, 5.74) is -0.0700. The summed E-state index contributed by atoms with van der Waals surface area (Å²) < 4.78 is 6.17. The standard InChI is InChI=1S/C18H15Cl2N3O4S/c1-2-27-18(26)15-12-9-28-16(21-13(24)7-8-19)14(12)17(25)23(22-15)11-5-3-10(20)4-6-11/h3-6,9H,2,7-8H2,1H3,(H,21,24). The van der Waals surface area contributed by atoms with Crippen molar-refractivity contribution < 1.29 is 14.3 Å². The highest BCUT2D eigenvalue weighted by atomic mass is 35.5. The molecule has 7 nitrogen and oxygen atoms in total. The third-order valence-electron chi connectivity index (χ3n) is 3.77. The molecule has 28 heavy (non-hydrogen) atoms. The second-order valence-corrected chi connectivity index (χ2v) is 7.30. The Balaban J connectivity index is 2.24. The van der Waals surface area contributed by atoms with Gasteiger partial charge in [-0.05, 0) is 31.2 Å². The SMILES string of the molecule is CCOC(=O)c1nn(-c2ccc(Cl)cc2)c(=O)c2c(NC(=O)CCCl)scc12. The Kier molecular flexibility index (Phi) is 6.33. The van der Waals surface area contributed by atoms with Gasteiger partial charge in [0.2, 0.25) is 5.91 Å². The number of esters is 1. The van der Waals surface area contributed by atoms with Gasteiger partial charge in [-0.3, -0.25) is 9.59 Å². The Labute approximate surface area is 173 Å². The number of ether oxygens (including phenoxy) is 1. The summed E-state index contributed by atoms with van der Waals surface area (Å²) in [4.78, 5) is 37.5. The Morgan fingerprint density at radius 2 is 2.00 bits per heavy atom. The second-order valence-electron chi connectivity index (χ2n) is 5.60. The lowest BCUT2D eigenvalue weighted by atomic mass is 10.2. The van der Waals surface area contributed by atoms with E-state index >= 15 is 0 Å². The number of halogens is 2. The fraction of sp³-hybridized carbons (Fsp3) is 0.222. The maximum Gasteiger partial charge on any atom is 0.359 e. The highest BCUT2D eigenvalue weighted by Gasteiger charge is 2.23. The maximum absolute atomic E-state index is 13.1. The molecule has 0 unspecified atom stereocenters. The van der Waals surface area contributed by atoms with Gasteiger partial charge in [0, 0.05) is 28.1 Å². The van der Waals surface area contributed by atoms with Crippen molar-refractivity contribution in [2.45, 2.75) is 13.3 Å². The number of fused-ring (bicyclic) bond motifs is 1. The monoisotopic (exact) mass is 439 g/mol. The molecule has 0 aliphatic rings. The third-order valence-corrected chi connectivity index (χ3v) is 5.10. The molecular weight excluding hydrogens is 425 g/mol. The van der Waals surface area contributed by atoms with Crippen LogP contribution in [0.3, 0.4) is 0 Å². The van der Waals surface area contributed by atoms with E-state index in [1.165, 1.54) is 0 Å². The molecule has 3 rings (SSSR count). The van der Waals surface area contributed by atoms with Crippen LogP contribution in [-0.2, 0) is 9.53 Å². The summed E-state index contributed by atoms with van der Waals surface area (Å²) in [6, 6.07) is 6.43. The van der Waals surface area contributed by atoms with Crippen LogP contribution < -0.4 is 10.9 Å². The van der Waals surface area contributed by atoms with Gasteiger partial charge in [-0.15, -0.1) is 22.9 Å². The van der Waals surface area contributed by atoms with E-state index in [4.69, 9.17) is 27.9 Å². The van der Waals surface area contributed by atoms with Crippen LogP contribution >= 0.6 is 34.5 Å². The molecule has 0 bridgehead atoms. The van der Waals surface area contributed by atoms with Crippen molar-refractivity contribution in [1.29, 1.82) is 0 Å². The lowest BCUT2D eigenvalue weighted by Crippen LogP contribution is -2.25. The molecule has 0 atom stereocenters. The fourth-order valence-corrected chi connectivity index (χ4v) is 3.77. The second kappa shape index (κ2) is 8.72. The summed E-state index contributed by atoms with van der Waals surface area (Å²) in [6.07, 6.45) is 0.0993. The Bertz CT molecular complexity index is 1090. The number of carbonyl (C=O) groups excluding carboxylic acids is 2. The average molecular weight is 440 g/mol. The number of aromatic nitrogens is 2. The molecule has 0 aliphatic carbocycles. The van der Waals surface area contributed by atoms with E-state index in [9.17, 15) is 14.4 Å². The van der Waals surface area contributed by atoms with Crippen molar-refractivity contribution in [3.63, 3.8) is 0 Å². The normalized spacial score (nSPS) is 10.8. The minimum absolute atomic E-state index is 0.0134. The molecule has 3 aromatic rings. The molecule has 0 saturated heterocycles. The molecule has 0 fully saturated rings. The summed E-state index contributed by atoms with van der Waals surface area (Å²) in [6.45, 7) is 1.83. The van der Waals surface area contributed by atoms with E-state index in [1.807, 2.05) is 0 Å². The molecule has 1 aromatic carbocycles. The van der Waals surface area contributed by atoms with Gasteiger partial charge in [0.25, 0.3) is 5.56 Å². The van der Waals surface area contributed by atoms with Crippen molar-refractivity contribution in [2.75, 3.05) is 17.8 Å². The molecule has 0 radical (unpaired) electrons. The summed E-state index contributed by atoms with van der Waals surface area (Å²) >= 11 is 12.6. The minimum Gasteiger partial charge on any atom is -0.461 e. The first-order valence-electron chi connectivity index (χ1n) is 8.29. The van der Waals surface area contributed by atoms with Crippen LogP contribution in [0.2, 0.25) is 5.02 Å². The Hall–Kier alpha value is -2.42. The van der Waals surface area contributed by atoms with Crippen LogP contribution in [0.25, 0.3) is 16.5 Å². The number of alkyl halides is 1. The van der Waals surface area contributed by atoms with Crippen LogP contribution in [0.5, 0.6) is 0 Å². The van der Waals surface area contributed by atoms with Gasteiger partial charge in [-0.2, -0.15) is 9.78 Å². The predicted octanol–water partition coefficient (Wildman–Crippen LogP) is 3.84. The smallest absolute Gasteiger partial charge is 0.359 e. The van der Waals surface area contributed by atoms with E-state index in [1.54, 1.807) is 36.6 Å². The zero-order valence-corrected chi connectivity index (χ0v) is 17.0. The van der Waals surface area contributed by atoms with Gasteiger partial charge < -0.3 is 10.1 Å².